The number of rotatable bonds is 5. The fraction of sp³-hybridized carbons (Fsp3) is 0.250. The smallest absolute Gasteiger partial charge is 0.171 e. The van der Waals surface area contributed by atoms with Gasteiger partial charge in [0, 0.05) is 18.3 Å². The minimum atomic E-state index is 0.539. The minimum absolute atomic E-state index is 0.539. The van der Waals surface area contributed by atoms with Gasteiger partial charge in [0.05, 0.1) is 14.2 Å². The zero-order valence-electron chi connectivity index (χ0n) is 9.95. The van der Waals surface area contributed by atoms with Gasteiger partial charge in [0.25, 0.3) is 0 Å². The molecule has 1 rings (SSSR count). The fourth-order valence-corrected chi connectivity index (χ4v) is 1.46. The van der Waals surface area contributed by atoms with Gasteiger partial charge < -0.3 is 20.1 Å². The van der Waals surface area contributed by atoms with E-state index >= 15 is 0 Å². The summed E-state index contributed by atoms with van der Waals surface area (Å²) in [4.78, 5) is 0. The molecule has 17 heavy (non-hydrogen) atoms. The Balaban J connectivity index is 2.71. The molecule has 0 aliphatic carbocycles. The average molecular weight is 252 g/mol. The van der Waals surface area contributed by atoms with E-state index in [2.05, 4.69) is 17.2 Å². The molecular weight excluding hydrogens is 236 g/mol. The molecule has 0 heterocycles. The number of anilines is 1. The predicted molar refractivity (Wildman–Crippen MR) is 74.0 cm³/mol. The Morgan fingerprint density at radius 3 is 2.65 bits per heavy atom. The highest BCUT2D eigenvalue weighted by Crippen LogP contribution is 2.29. The van der Waals surface area contributed by atoms with Crippen molar-refractivity contribution < 1.29 is 9.47 Å². The van der Waals surface area contributed by atoms with Crippen molar-refractivity contribution in [1.29, 1.82) is 0 Å². The van der Waals surface area contributed by atoms with E-state index in [4.69, 9.17) is 21.7 Å². The molecule has 0 aliphatic rings. The van der Waals surface area contributed by atoms with E-state index in [9.17, 15) is 0 Å². The second kappa shape index (κ2) is 6.75. The molecule has 2 N–H and O–H groups in total. The summed E-state index contributed by atoms with van der Waals surface area (Å²) >= 11 is 5.10. The third kappa shape index (κ3) is 3.96. The van der Waals surface area contributed by atoms with Crippen LogP contribution in [0, 0.1) is 0 Å². The topological polar surface area (TPSA) is 42.5 Å². The average Bonchev–Trinajstić information content (AvgIpc) is 2.36. The van der Waals surface area contributed by atoms with Gasteiger partial charge in [0.2, 0.25) is 0 Å². The van der Waals surface area contributed by atoms with Crippen molar-refractivity contribution in [2.24, 2.45) is 0 Å². The van der Waals surface area contributed by atoms with Crippen molar-refractivity contribution in [3.8, 4) is 11.5 Å². The molecule has 1 aromatic carbocycles. The maximum atomic E-state index is 5.19. The van der Waals surface area contributed by atoms with Crippen LogP contribution in [0.5, 0.6) is 11.5 Å². The van der Waals surface area contributed by atoms with E-state index in [-0.39, 0.29) is 0 Å². The van der Waals surface area contributed by atoms with E-state index in [1.807, 2.05) is 18.2 Å². The van der Waals surface area contributed by atoms with Crippen LogP contribution in [0.2, 0.25) is 0 Å². The van der Waals surface area contributed by atoms with Gasteiger partial charge in [-0.25, -0.2) is 0 Å². The van der Waals surface area contributed by atoms with E-state index in [0.29, 0.717) is 23.2 Å². The molecular formula is C12H16N2O2S. The van der Waals surface area contributed by atoms with Crippen LogP contribution in [-0.2, 0) is 0 Å². The van der Waals surface area contributed by atoms with Crippen LogP contribution in [-0.4, -0.2) is 25.9 Å². The SMILES string of the molecule is C=CCNC(=S)Nc1ccc(OC)c(OC)c1. The fourth-order valence-electron chi connectivity index (χ4n) is 1.25. The van der Waals surface area contributed by atoms with Crippen molar-refractivity contribution in [3.63, 3.8) is 0 Å². The van der Waals surface area contributed by atoms with E-state index < -0.39 is 0 Å². The minimum Gasteiger partial charge on any atom is -0.493 e. The molecule has 0 spiro atoms. The molecule has 0 fully saturated rings. The molecule has 0 aliphatic heterocycles. The quantitative estimate of drug-likeness (QED) is 0.621. The molecule has 0 bridgehead atoms. The number of ether oxygens (including phenoxy) is 2. The molecule has 0 amide bonds. The van der Waals surface area contributed by atoms with Gasteiger partial charge >= 0.3 is 0 Å². The summed E-state index contributed by atoms with van der Waals surface area (Å²) in [5.41, 5.74) is 0.837. The highest BCUT2D eigenvalue weighted by Gasteiger charge is 2.04. The summed E-state index contributed by atoms with van der Waals surface area (Å²) in [6.07, 6.45) is 1.74. The van der Waals surface area contributed by atoms with E-state index in [0.717, 1.165) is 5.69 Å². The first-order valence-electron chi connectivity index (χ1n) is 5.09. The first-order valence-corrected chi connectivity index (χ1v) is 5.50. The van der Waals surface area contributed by atoms with Crippen molar-refractivity contribution in [3.05, 3.63) is 30.9 Å². The van der Waals surface area contributed by atoms with Crippen LogP contribution in [0.4, 0.5) is 5.69 Å². The Bertz CT molecular complexity index is 407. The second-order valence-corrected chi connectivity index (χ2v) is 3.60. The first-order chi connectivity index (χ1) is 8.21. The number of hydrogen-bond donors (Lipinski definition) is 2. The van der Waals surface area contributed by atoms with E-state index in [1.165, 1.54) is 0 Å². The van der Waals surface area contributed by atoms with Crippen molar-refractivity contribution in [2.45, 2.75) is 0 Å². The lowest BCUT2D eigenvalue weighted by molar-refractivity contribution is 0.355. The molecule has 92 valence electrons. The summed E-state index contributed by atoms with van der Waals surface area (Å²) < 4.78 is 10.3. The number of benzene rings is 1. The van der Waals surface area contributed by atoms with Crippen LogP contribution in [0.15, 0.2) is 30.9 Å². The van der Waals surface area contributed by atoms with Crippen LogP contribution >= 0.6 is 12.2 Å². The maximum Gasteiger partial charge on any atom is 0.171 e. The number of thiocarbonyl (C=S) groups is 1. The van der Waals surface area contributed by atoms with Gasteiger partial charge in [-0.15, -0.1) is 6.58 Å². The monoisotopic (exact) mass is 252 g/mol. The van der Waals surface area contributed by atoms with Gasteiger partial charge in [-0.05, 0) is 24.4 Å². The van der Waals surface area contributed by atoms with Crippen LogP contribution in [0.1, 0.15) is 0 Å². The summed E-state index contributed by atoms with van der Waals surface area (Å²) in [6, 6.07) is 5.50. The molecule has 0 saturated heterocycles. The zero-order chi connectivity index (χ0) is 12.7. The molecule has 4 nitrogen and oxygen atoms in total. The van der Waals surface area contributed by atoms with Crippen LogP contribution in [0.25, 0.3) is 0 Å². The lowest BCUT2D eigenvalue weighted by Crippen LogP contribution is -2.28. The van der Waals surface area contributed by atoms with Crippen molar-refractivity contribution >= 4 is 23.0 Å². The lowest BCUT2D eigenvalue weighted by Gasteiger charge is -2.12. The molecule has 0 atom stereocenters. The third-order valence-corrected chi connectivity index (χ3v) is 2.29. The highest BCUT2D eigenvalue weighted by molar-refractivity contribution is 7.80. The Morgan fingerprint density at radius 1 is 1.35 bits per heavy atom. The molecule has 0 radical (unpaired) electrons. The molecule has 0 saturated carbocycles. The summed E-state index contributed by atoms with van der Waals surface area (Å²) in [5, 5.41) is 6.56. The number of nitrogens with one attached hydrogen (secondary N) is 2. The lowest BCUT2D eigenvalue weighted by atomic mass is 10.3. The maximum absolute atomic E-state index is 5.19. The van der Waals surface area contributed by atoms with Gasteiger partial charge in [-0.1, -0.05) is 6.08 Å². The second-order valence-electron chi connectivity index (χ2n) is 3.19. The van der Waals surface area contributed by atoms with Crippen molar-refractivity contribution in [1.82, 2.24) is 5.32 Å². The Labute approximate surface area is 107 Å². The predicted octanol–water partition coefficient (Wildman–Crippen LogP) is 2.18. The molecule has 1 aromatic rings. The zero-order valence-corrected chi connectivity index (χ0v) is 10.8. The van der Waals surface area contributed by atoms with E-state index in [1.54, 1.807) is 20.3 Å². The third-order valence-electron chi connectivity index (χ3n) is 2.05. The molecule has 0 unspecified atom stereocenters. The first kappa shape index (κ1) is 13.3. The Hall–Kier alpha value is -1.75. The number of hydrogen-bond acceptors (Lipinski definition) is 3. The largest absolute Gasteiger partial charge is 0.493 e. The summed E-state index contributed by atoms with van der Waals surface area (Å²) in [6.45, 7) is 4.23. The van der Waals surface area contributed by atoms with Gasteiger partial charge in [0.1, 0.15) is 0 Å². The standard InChI is InChI=1S/C12H16N2O2S/c1-4-7-13-12(17)14-9-5-6-10(15-2)11(8-9)16-3/h4-6,8H,1,7H2,2-3H3,(H2,13,14,17). The molecule has 5 heteroatoms. The summed E-state index contributed by atoms with van der Waals surface area (Å²) in [5.74, 6) is 1.34. The van der Waals surface area contributed by atoms with Gasteiger partial charge in [-0.2, -0.15) is 0 Å². The van der Waals surface area contributed by atoms with Crippen LogP contribution in [0.3, 0.4) is 0 Å². The normalized spacial score (nSPS) is 9.29. The van der Waals surface area contributed by atoms with Gasteiger partial charge in [-0.3, -0.25) is 0 Å². The van der Waals surface area contributed by atoms with Crippen molar-refractivity contribution in [2.75, 3.05) is 26.1 Å². The number of methoxy groups -OCH3 is 2. The Kier molecular flexibility index (Phi) is 5.29. The van der Waals surface area contributed by atoms with Crippen LogP contribution < -0.4 is 20.1 Å². The summed E-state index contributed by atoms with van der Waals surface area (Å²) in [7, 11) is 3.19. The molecule has 0 aromatic heterocycles. The Morgan fingerprint density at radius 2 is 2.06 bits per heavy atom. The van der Waals surface area contributed by atoms with Gasteiger partial charge in [0.15, 0.2) is 16.6 Å². The highest BCUT2D eigenvalue weighted by atomic mass is 32.1.